The molecule has 3 rings (SSSR count). The Hall–Kier alpha value is -2.66. The average Bonchev–Trinajstić information content (AvgIpc) is 2.67. The van der Waals surface area contributed by atoms with E-state index in [1.807, 2.05) is 31.2 Å². The number of aryl methyl sites for hydroxylation is 1. The zero-order valence-corrected chi connectivity index (χ0v) is 15.0. The summed E-state index contributed by atoms with van der Waals surface area (Å²) in [6.07, 6.45) is 2.27. The van der Waals surface area contributed by atoms with E-state index in [1.54, 1.807) is 24.3 Å². The van der Waals surface area contributed by atoms with Crippen LogP contribution in [0.5, 0.6) is 0 Å². The normalized spacial score (nSPS) is 16.7. The fourth-order valence-corrected chi connectivity index (χ4v) is 3.20. The lowest BCUT2D eigenvalue weighted by atomic mass is 9.99. The highest BCUT2D eigenvalue weighted by Crippen LogP contribution is 2.17. The van der Waals surface area contributed by atoms with Crippen molar-refractivity contribution in [2.24, 2.45) is 5.92 Å². The van der Waals surface area contributed by atoms with Crippen LogP contribution in [0.3, 0.4) is 0 Å². The van der Waals surface area contributed by atoms with Crippen molar-refractivity contribution in [2.45, 2.75) is 19.8 Å². The van der Waals surface area contributed by atoms with E-state index in [9.17, 15) is 9.59 Å². The molecular weight excluding hydrogens is 326 g/mol. The minimum absolute atomic E-state index is 0.157. The molecule has 3 N–H and O–H groups in total. The van der Waals surface area contributed by atoms with Gasteiger partial charge in [0.1, 0.15) is 0 Å². The number of anilines is 1. The predicted octanol–water partition coefficient (Wildman–Crippen LogP) is 2.98. The van der Waals surface area contributed by atoms with Gasteiger partial charge in [0.05, 0.1) is 11.3 Å². The maximum atomic E-state index is 12.6. The molecular formula is C21H25N3O2. The van der Waals surface area contributed by atoms with Gasteiger partial charge in [0.2, 0.25) is 0 Å². The smallest absolute Gasteiger partial charge is 0.255 e. The van der Waals surface area contributed by atoms with E-state index in [-0.39, 0.29) is 11.8 Å². The number of benzene rings is 2. The molecule has 136 valence electrons. The summed E-state index contributed by atoms with van der Waals surface area (Å²) in [5.74, 6) is 0.0860. The number of amides is 2. The SMILES string of the molecule is Cc1cccc(C(=O)Nc2ccccc2C(=O)NCC2CCCNC2)c1. The van der Waals surface area contributed by atoms with Gasteiger partial charge in [-0.2, -0.15) is 0 Å². The van der Waals surface area contributed by atoms with Gasteiger partial charge < -0.3 is 16.0 Å². The van der Waals surface area contributed by atoms with Crippen molar-refractivity contribution in [1.82, 2.24) is 10.6 Å². The molecule has 26 heavy (non-hydrogen) atoms. The highest BCUT2D eigenvalue weighted by molar-refractivity contribution is 6.09. The molecule has 0 spiro atoms. The highest BCUT2D eigenvalue weighted by Gasteiger charge is 2.17. The largest absolute Gasteiger partial charge is 0.352 e. The van der Waals surface area contributed by atoms with E-state index in [1.165, 1.54) is 0 Å². The predicted molar refractivity (Wildman–Crippen MR) is 104 cm³/mol. The van der Waals surface area contributed by atoms with Crippen LogP contribution in [0.2, 0.25) is 0 Å². The van der Waals surface area contributed by atoms with Crippen molar-refractivity contribution in [2.75, 3.05) is 25.0 Å². The molecule has 1 atom stereocenters. The lowest BCUT2D eigenvalue weighted by Crippen LogP contribution is -2.38. The zero-order valence-electron chi connectivity index (χ0n) is 15.0. The number of nitrogens with one attached hydrogen (secondary N) is 3. The Balaban J connectivity index is 1.67. The van der Waals surface area contributed by atoms with Gasteiger partial charge in [0.25, 0.3) is 11.8 Å². The number of para-hydroxylation sites is 1. The minimum Gasteiger partial charge on any atom is -0.352 e. The van der Waals surface area contributed by atoms with Gasteiger partial charge in [0.15, 0.2) is 0 Å². The third-order valence-electron chi connectivity index (χ3n) is 4.65. The third-order valence-corrected chi connectivity index (χ3v) is 4.65. The Morgan fingerprint density at radius 3 is 2.73 bits per heavy atom. The summed E-state index contributed by atoms with van der Waals surface area (Å²) >= 11 is 0. The van der Waals surface area contributed by atoms with Crippen LogP contribution < -0.4 is 16.0 Å². The summed E-state index contributed by atoms with van der Waals surface area (Å²) < 4.78 is 0. The number of carbonyl (C=O) groups is 2. The van der Waals surface area contributed by atoms with E-state index in [4.69, 9.17) is 0 Å². The lowest BCUT2D eigenvalue weighted by molar-refractivity contribution is 0.0945. The molecule has 1 aliphatic rings. The highest BCUT2D eigenvalue weighted by atomic mass is 16.2. The van der Waals surface area contributed by atoms with Crippen LogP contribution in [0.1, 0.15) is 39.1 Å². The molecule has 0 aromatic heterocycles. The molecule has 0 bridgehead atoms. The molecule has 1 heterocycles. The van der Waals surface area contributed by atoms with Crippen LogP contribution in [0.4, 0.5) is 5.69 Å². The van der Waals surface area contributed by atoms with Crippen molar-refractivity contribution >= 4 is 17.5 Å². The molecule has 0 saturated carbocycles. The molecule has 1 saturated heterocycles. The first-order valence-corrected chi connectivity index (χ1v) is 9.09. The number of hydrogen-bond acceptors (Lipinski definition) is 3. The standard InChI is InChI=1S/C21H25N3O2/c1-15-6-4-8-17(12-15)20(25)24-19-10-3-2-9-18(19)21(26)23-14-16-7-5-11-22-13-16/h2-4,6,8-10,12,16,22H,5,7,11,13-14H2,1H3,(H,23,26)(H,24,25). The Kier molecular flexibility index (Phi) is 6.02. The van der Waals surface area contributed by atoms with E-state index in [2.05, 4.69) is 16.0 Å². The Bertz CT molecular complexity index is 782. The topological polar surface area (TPSA) is 70.2 Å². The van der Waals surface area contributed by atoms with E-state index >= 15 is 0 Å². The van der Waals surface area contributed by atoms with Crippen LogP contribution in [0.15, 0.2) is 48.5 Å². The van der Waals surface area contributed by atoms with Crippen LogP contribution in [-0.4, -0.2) is 31.4 Å². The number of hydrogen-bond donors (Lipinski definition) is 3. The molecule has 1 aliphatic heterocycles. The van der Waals surface area contributed by atoms with Crippen molar-refractivity contribution in [3.8, 4) is 0 Å². The van der Waals surface area contributed by atoms with Gasteiger partial charge in [0, 0.05) is 12.1 Å². The molecule has 0 radical (unpaired) electrons. The Labute approximate surface area is 154 Å². The van der Waals surface area contributed by atoms with Crippen molar-refractivity contribution in [1.29, 1.82) is 0 Å². The maximum Gasteiger partial charge on any atom is 0.255 e. The van der Waals surface area contributed by atoms with Crippen LogP contribution >= 0.6 is 0 Å². The van der Waals surface area contributed by atoms with Gasteiger partial charge in [-0.3, -0.25) is 9.59 Å². The fraction of sp³-hybridized carbons (Fsp3) is 0.333. The summed E-state index contributed by atoms with van der Waals surface area (Å²) in [6.45, 7) is 4.58. The second-order valence-electron chi connectivity index (χ2n) is 6.79. The zero-order chi connectivity index (χ0) is 18.4. The first-order chi connectivity index (χ1) is 12.6. The second kappa shape index (κ2) is 8.63. The van der Waals surface area contributed by atoms with Crippen LogP contribution in [0, 0.1) is 12.8 Å². The van der Waals surface area contributed by atoms with Crippen molar-refractivity contribution in [3.05, 3.63) is 65.2 Å². The van der Waals surface area contributed by atoms with Gasteiger partial charge >= 0.3 is 0 Å². The number of rotatable bonds is 5. The third kappa shape index (κ3) is 4.70. The number of piperidine rings is 1. The molecule has 5 heteroatoms. The first-order valence-electron chi connectivity index (χ1n) is 9.09. The Morgan fingerprint density at radius 2 is 1.96 bits per heavy atom. The lowest BCUT2D eigenvalue weighted by Gasteiger charge is -2.23. The van der Waals surface area contributed by atoms with E-state index in [0.717, 1.165) is 31.5 Å². The molecule has 2 aromatic carbocycles. The molecule has 0 aliphatic carbocycles. The summed E-state index contributed by atoms with van der Waals surface area (Å²) in [4.78, 5) is 25.1. The minimum atomic E-state index is -0.217. The molecule has 2 amide bonds. The molecule has 5 nitrogen and oxygen atoms in total. The summed E-state index contributed by atoms with van der Waals surface area (Å²) in [5, 5.41) is 9.21. The van der Waals surface area contributed by atoms with Crippen molar-refractivity contribution in [3.63, 3.8) is 0 Å². The quantitative estimate of drug-likeness (QED) is 0.776. The van der Waals surface area contributed by atoms with Gasteiger partial charge in [-0.15, -0.1) is 0 Å². The monoisotopic (exact) mass is 351 g/mol. The summed E-state index contributed by atoms with van der Waals surface area (Å²) in [6, 6.07) is 14.5. The summed E-state index contributed by atoms with van der Waals surface area (Å²) in [7, 11) is 0. The molecule has 1 unspecified atom stereocenters. The van der Waals surface area contributed by atoms with Gasteiger partial charge in [-0.05, 0) is 63.0 Å². The van der Waals surface area contributed by atoms with E-state index in [0.29, 0.717) is 29.3 Å². The van der Waals surface area contributed by atoms with Crippen molar-refractivity contribution < 1.29 is 9.59 Å². The van der Waals surface area contributed by atoms with Crippen LogP contribution in [-0.2, 0) is 0 Å². The fourth-order valence-electron chi connectivity index (χ4n) is 3.20. The molecule has 1 fully saturated rings. The van der Waals surface area contributed by atoms with Gasteiger partial charge in [-0.25, -0.2) is 0 Å². The first kappa shape index (κ1) is 18.1. The second-order valence-corrected chi connectivity index (χ2v) is 6.79. The van der Waals surface area contributed by atoms with E-state index < -0.39 is 0 Å². The summed E-state index contributed by atoms with van der Waals surface area (Å²) in [5.41, 5.74) is 2.61. The molecule has 2 aromatic rings. The Morgan fingerprint density at radius 1 is 1.12 bits per heavy atom. The average molecular weight is 351 g/mol. The van der Waals surface area contributed by atoms with Crippen LogP contribution in [0.25, 0.3) is 0 Å². The van der Waals surface area contributed by atoms with Gasteiger partial charge in [-0.1, -0.05) is 29.8 Å². The number of carbonyl (C=O) groups excluding carboxylic acids is 2. The maximum absolute atomic E-state index is 12.6.